The Labute approximate surface area is 83.3 Å². The van der Waals surface area contributed by atoms with Crippen molar-refractivity contribution in [2.24, 2.45) is 0 Å². The van der Waals surface area contributed by atoms with Gasteiger partial charge in [0.15, 0.2) is 0 Å². The molecule has 0 aliphatic carbocycles. The summed E-state index contributed by atoms with van der Waals surface area (Å²) >= 11 is 7.00. The molecule has 0 aliphatic heterocycles. The van der Waals surface area contributed by atoms with Crippen molar-refractivity contribution in [1.29, 1.82) is 0 Å². The summed E-state index contributed by atoms with van der Waals surface area (Å²) in [5, 5.41) is 1.02. The van der Waals surface area contributed by atoms with Gasteiger partial charge in [0.2, 0.25) is 6.93 Å². The second-order valence-electron chi connectivity index (χ2n) is 1.75. The van der Waals surface area contributed by atoms with Gasteiger partial charge in [0.25, 0.3) is 0 Å². The fraction of sp³-hybridized carbons (Fsp3) is 0.286. The van der Waals surface area contributed by atoms with Gasteiger partial charge >= 0.3 is 0 Å². The van der Waals surface area contributed by atoms with Crippen LogP contribution in [-0.4, -0.2) is 18.2 Å². The zero-order chi connectivity index (χ0) is 10.3. The first-order valence-corrected chi connectivity index (χ1v) is 4.73. The molecule has 0 amide bonds. The number of alkyl halides is 2. The van der Waals surface area contributed by atoms with Gasteiger partial charge in [-0.05, 0) is 12.3 Å². The second kappa shape index (κ2) is 7.03. The predicted octanol–water partition coefficient (Wildman–Crippen LogP) is 3.48. The average Bonchev–Trinajstić information content (AvgIpc) is 2.06. The van der Waals surface area contributed by atoms with Crippen LogP contribution >= 0.6 is 23.4 Å². The van der Waals surface area contributed by atoms with E-state index in [-0.39, 0.29) is 0 Å². The smallest absolute Gasteiger partial charge is 0.229 e. The molecular formula is C7H7ClF3NS. The molecule has 0 saturated heterocycles. The highest BCUT2D eigenvalue weighted by molar-refractivity contribution is 7.98. The summed E-state index contributed by atoms with van der Waals surface area (Å²) in [6.45, 7) is -1.75. The van der Waals surface area contributed by atoms with Crippen molar-refractivity contribution in [1.82, 2.24) is 4.98 Å². The predicted molar refractivity (Wildman–Crippen MR) is 48.1 cm³/mol. The third-order valence-corrected chi connectivity index (χ3v) is 2.08. The van der Waals surface area contributed by atoms with Gasteiger partial charge in [0.05, 0.1) is 11.2 Å². The zero-order valence-electron chi connectivity index (χ0n) is 6.73. The lowest BCUT2D eigenvalue weighted by Gasteiger charge is -1.96. The van der Waals surface area contributed by atoms with E-state index < -0.39 is 12.7 Å². The van der Waals surface area contributed by atoms with E-state index in [9.17, 15) is 13.2 Å². The minimum Gasteiger partial charge on any atom is -0.245 e. The number of pyridine rings is 1. The van der Waals surface area contributed by atoms with Crippen LogP contribution in [0.25, 0.3) is 0 Å². The van der Waals surface area contributed by atoms with Gasteiger partial charge in [-0.25, -0.2) is 18.2 Å². The SMILES string of the molecule is CSc1ncc(F)cc1Cl.FCF. The molecule has 1 nitrogen and oxygen atoms in total. The molecule has 1 aromatic rings. The third-order valence-electron chi connectivity index (χ3n) is 0.967. The van der Waals surface area contributed by atoms with Crippen LogP contribution in [0.3, 0.4) is 0 Å². The molecule has 0 N–H and O–H groups in total. The van der Waals surface area contributed by atoms with E-state index in [1.807, 2.05) is 6.26 Å². The Kier molecular flexibility index (Phi) is 6.80. The molecule has 0 radical (unpaired) electrons. The van der Waals surface area contributed by atoms with Crippen LogP contribution in [-0.2, 0) is 0 Å². The lowest BCUT2D eigenvalue weighted by molar-refractivity contribution is 0.295. The maximum absolute atomic E-state index is 12.3. The van der Waals surface area contributed by atoms with Crippen LogP contribution in [0.15, 0.2) is 17.3 Å². The van der Waals surface area contributed by atoms with Crippen LogP contribution in [0.4, 0.5) is 13.2 Å². The van der Waals surface area contributed by atoms with E-state index in [2.05, 4.69) is 4.98 Å². The molecule has 0 unspecified atom stereocenters. The summed E-state index contributed by atoms with van der Waals surface area (Å²) < 4.78 is 31.6. The van der Waals surface area contributed by atoms with Crippen molar-refractivity contribution in [3.05, 3.63) is 23.1 Å². The number of thioether (sulfide) groups is 1. The van der Waals surface area contributed by atoms with Crippen molar-refractivity contribution in [2.45, 2.75) is 5.03 Å². The molecule has 74 valence electrons. The largest absolute Gasteiger partial charge is 0.245 e. The van der Waals surface area contributed by atoms with Gasteiger partial charge in [-0.15, -0.1) is 11.8 Å². The molecule has 0 bridgehead atoms. The summed E-state index contributed by atoms with van der Waals surface area (Å²) in [6.07, 6.45) is 2.99. The van der Waals surface area contributed by atoms with Crippen molar-refractivity contribution in [3.8, 4) is 0 Å². The third kappa shape index (κ3) is 5.00. The van der Waals surface area contributed by atoms with Crippen LogP contribution in [0.1, 0.15) is 0 Å². The topological polar surface area (TPSA) is 12.9 Å². The summed E-state index contributed by atoms with van der Waals surface area (Å²) in [6, 6.07) is 1.25. The molecule has 6 heteroatoms. The number of aromatic nitrogens is 1. The van der Waals surface area contributed by atoms with Crippen molar-refractivity contribution < 1.29 is 13.2 Å². The number of hydrogen-bond acceptors (Lipinski definition) is 2. The second-order valence-corrected chi connectivity index (χ2v) is 2.95. The Morgan fingerprint density at radius 1 is 1.54 bits per heavy atom. The maximum atomic E-state index is 12.3. The number of nitrogens with zero attached hydrogens (tertiary/aromatic N) is 1. The fourth-order valence-corrected chi connectivity index (χ4v) is 1.35. The molecule has 0 atom stereocenters. The molecule has 13 heavy (non-hydrogen) atoms. The highest BCUT2D eigenvalue weighted by Gasteiger charge is 2.00. The molecule has 0 spiro atoms. The highest BCUT2D eigenvalue weighted by atomic mass is 35.5. The lowest BCUT2D eigenvalue weighted by Crippen LogP contribution is -1.82. The first kappa shape index (κ1) is 12.6. The van der Waals surface area contributed by atoms with Crippen molar-refractivity contribution in [2.75, 3.05) is 13.2 Å². The quantitative estimate of drug-likeness (QED) is 0.684. The first-order valence-electron chi connectivity index (χ1n) is 3.12. The normalized spacial score (nSPS) is 9.00. The monoisotopic (exact) mass is 229 g/mol. The van der Waals surface area contributed by atoms with Gasteiger partial charge in [0, 0.05) is 0 Å². The van der Waals surface area contributed by atoms with Gasteiger partial charge < -0.3 is 0 Å². The summed E-state index contributed by atoms with van der Waals surface area (Å²) in [5.41, 5.74) is 0. The molecule has 1 aromatic heterocycles. The Morgan fingerprint density at radius 2 is 2.08 bits per heavy atom. The molecule has 1 rings (SSSR count). The Morgan fingerprint density at radius 3 is 2.46 bits per heavy atom. The minimum atomic E-state index is -1.75. The average molecular weight is 230 g/mol. The van der Waals surface area contributed by atoms with E-state index in [1.54, 1.807) is 0 Å². The van der Waals surface area contributed by atoms with E-state index in [0.717, 1.165) is 6.20 Å². The Bertz CT molecular complexity index is 259. The van der Waals surface area contributed by atoms with Crippen LogP contribution in [0, 0.1) is 5.82 Å². The molecule has 0 fully saturated rings. The number of hydrogen-bond donors (Lipinski definition) is 0. The molecule has 0 saturated carbocycles. The molecule has 0 aromatic carbocycles. The van der Waals surface area contributed by atoms with Crippen LogP contribution in [0.2, 0.25) is 5.02 Å². The maximum Gasteiger partial charge on any atom is 0.229 e. The van der Waals surface area contributed by atoms with E-state index >= 15 is 0 Å². The summed E-state index contributed by atoms with van der Waals surface area (Å²) in [4.78, 5) is 3.75. The fourth-order valence-electron chi connectivity index (χ4n) is 0.552. The lowest BCUT2D eigenvalue weighted by atomic mass is 10.5. The standard InChI is InChI=1S/C6H5ClFNS.CH2F2/c1-10-6-5(7)2-4(8)3-9-6;2-1-3/h2-3H,1H3;1H2. The zero-order valence-corrected chi connectivity index (χ0v) is 8.30. The Balaban J connectivity index is 0.000000424. The molecule has 1 heterocycles. The minimum absolute atomic E-state index is 0.368. The van der Waals surface area contributed by atoms with Gasteiger partial charge in [-0.2, -0.15) is 0 Å². The highest BCUT2D eigenvalue weighted by Crippen LogP contribution is 2.22. The van der Waals surface area contributed by atoms with E-state index in [1.165, 1.54) is 17.8 Å². The van der Waals surface area contributed by atoms with Crippen molar-refractivity contribution in [3.63, 3.8) is 0 Å². The Hall–Kier alpha value is -0.420. The first-order chi connectivity index (χ1) is 6.15. The number of halogens is 4. The van der Waals surface area contributed by atoms with Crippen molar-refractivity contribution >= 4 is 23.4 Å². The van der Waals surface area contributed by atoms with Gasteiger partial charge in [0.1, 0.15) is 10.8 Å². The number of rotatable bonds is 1. The van der Waals surface area contributed by atoms with Crippen LogP contribution < -0.4 is 0 Å². The summed E-state index contributed by atoms with van der Waals surface area (Å²) in [7, 11) is 0. The molecular weight excluding hydrogens is 223 g/mol. The summed E-state index contributed by atoms with van der Waals surface area (Å²) in [5.74, 6) is -0.400. The van der Waals surface area contributed by atoms with Gasteiger partial charge in [-0.1, -0.05) is 11.6 Å². The molecule has 0 aliphatic rings. The van der Waals surface area contributed by atoms with E-state index in [4.69, 9.17) is 11.6 Å². The van der Waals surface area contributed by atoms with E-state index in [0.29, 0.717) is 10.0 Å². The van der Waals surface area contributed by atoms with Gasteiger partial charge in [-0.3, -0.25) is 0 Å². The van der Waals surface area contributed by atoms with Crippen LogP contribution in [0.5, 0.6) is 0 Å².